The fourth-order valence-corrected chi connectivity index (χ4v) is 6.08. The van der Waals surface area contributed by atoms with Gasteiger partial charge in [-0.15, -0.1) is 0 Å². The summed E-state index contributed by atoms with van der Waals surface area (Å²) in [7, 11) is 0. The summed E-state index contributed by atoms with van der Waals surface area (Å²) in [4.78, 5) is 4.76. The van der Waals surface area contributed by atoms with Gasteiger partial charge in [0.1, 0.15) is 0 Å². The van der Waals surface area contributed by atoms with Crippen LogP contribution in [-0.2, 0) is 0 Å². The highest BCUT2D eigenvalue weighted by atomic mass is 15.2. The molecule has 1 aliphatic rings. The maximum Gasteiger partial charge on any atom is 0.0462 e. The van der Waals surface area contributed by atoms with Gasteiger partial charge in [-0.05, 0) is 112 Å². The highest BCUT2D eigenvalue weighted by Gasteiger charge is 2.33. The fraction of sp³-hybridized carbons (Fsp3) is 0.190. The lowest BCUT2D eigenvalue weighted by Gasteiger charge is -2.40. The Labute approximate surface area is 263 Å². The van der Waals surface area contributed by atoms with Crippen LogP contribution in [-0.4, -0.2) is 0 Å². The molecule has 0 amide bonds. The van der Waals surface area contributed by atoms with Gasteiger partial charge in [0.05, 0.1) is 0 Å². The number of aryl methyl sites for hydroxylation is 4. The van der Waals surface area contributed by atoms with Gasteiger partial charge >= 0.3 is 0 Å². The van der Waals surface area contributed by atoms with Crippen molar-refractivity contribution in [3.05, 3.63) is 167 Å². The first kappa shape index (κ1) is 29.3. The van der Waals surface area contributed by atoms with Crippen molar-refractivity contribution in [3.63, 3.8) is 0 Å². The van der Waals surface area contributed by atoms with Gasteiger partial charge in [0.25, 0.3) is 0 Å². The second-order valence-electron chi connectivity index (χ2n) is 12.9. The van der Waals surface area contributed by atoms with Crippen LogP contribution in [0, 0.1) is 33.1 Å². The summed E-state index contributed by atoms with van der Waals surface area (Å²) in [6.45, 7) is 13.3. The zero-order valence-corrected chi connectivity index (χ0v) is 26.8. The van der Waals surface area contributed by atoms with Crippen molar-refractivity contribution >= 4 is 34.0 Å². The maximum atomic E-state index is 2.43. The molecule has 0 heterocycles. The molecule has 0 aliphatic heterocycles. The summed E-state index contributed by atoms with van der Waals surface area (Å²) >= 11 is 0. The summed E-state index contributed by atoms with van der Waals surface area (Å²) in [5, 5.41) is 0. The van der Waals surface area contributed by atoms with Crippen LogP contribution in [0.3, 0.4) is 0 Å². The molecule has 5 aromatic carbocycles. The number of hydrogen-bond donors (Lipinski definition) is 0. The minimum atomic E-state index is -0.0750. The van der Waals surface area contributed by atoms with Gasteiger partial charge in [-0.3, -0.25) is 0 Å². The Morgan fingerprint density at radius 1 is 0.409 bits per heavy atom. The van der Waals surface area contributed by atoms with E-state index in [1.54, 1.807) is 0 Å². The lowest BCUT2D eigenvalue weighted by atomic mass is 9.76. The number of nitrogens with zero attached hydrogens (tertiary/aromatic N) is 2. The Kier molecular flexibility index (Phi) is 8.01. The van der Waals surface area contributed by atoms with Gasteiger partial charge in [-0.2, -0.15) is 0 Å². The molecule has 5 aromatic rings. The maximum absolute atomic E-state index is 2.43. The predicted octanol–water partition coefficient (Wildman–Crippen LogP) is 11.9. The van der Waals surface area contributed by atoms with E-state index in [0.29, 0.717) is 0 Å². The van der Waals surface area contributed by atoms with Crippen molar-refractivity contribution < 1.29 is 0 Å². The summed E-state index contributed by atoms with van der Waals surface area (Å²) in [5.74, 6) is 0. The molecule has 0 N–H and O–H groups in total. The molecule has 0 saturated heterocycles. The van der Waals surface area contributed by atoms with E-state index < -0.39 is 0 Å². The summed E-state index contributed by atoms with van der Waals surface area (Å²) < 4.78 is 0. The average molecular weight is 575 g/mol. The van der Waals surface area contributed by atoms with Crippen LogP contribution < -0.4 is 9.80 Å². The monoisotopic (exact) mass is 574 g/mol. The third kappa shape index (κ3) is 6.12. The quantitative estimate of drug-likeness (QED) is 0.191. The van der Waals surface area contributed by atoms with Crippen LogP contribution in [0.2, 0.25) is 0 Å². The first-order valence-corrected chi connectivity index (χ1v) is 15.6. The average Bonchev–Trinajstić information content (AvgIpc) is 3.02. The smallest absolute Gasteiger partial charge is 0.0462 e. The van der Waals surface area contributed by atoms with Gasteiger partial charge in [-0.1, -0.05) is 103 Å². The molecule has 220 valence electrons. The molecular weight excluding hydrogens is 532 g/mol. The van der Waals surface area contributed by atoms with Crippen LogP contribution in [0.4, 0.5) is 28.4 Å². The van der Waals surface area contributed by atoms with Gasteiger partial charge in [0.2, 0.25) is 0 Å². The minimum Gasteiger partial charge on any atom is -0.314 e. The molecule has 2 heteroatoms. The first-order chi connectivity index (χ1) is 21.2. The van der Waals surface area contributed by atoms with E-state index >= 15 is 0 Å². The van der Waals surface area contributed by atoms with E-state index in [9.17, 15) is 0 Å². The Morgan fingerprint density at radius 3 is 1.07 bits per heavy atom. The van der Waals surface area contributed by atoms with E-state index in [-0.39, 0.29) is 5.41 Å². The van der Waals surface area contributed by atoms with Crippen LogP contribution >= 0.6 is 0 Å². The van der Waals surface area contributed by atoms with Crippen LogP contribution in [0.5, 0.6) is 0 Å². The number of hydrogen-bond acceptors (Lipinski definition) is 2. The van der Waals surface area contributed by atoms with E-state index in [2.05, 4.69) is 185 Å². The third-order valence-corrected chi connectivity index (χ3v) is 8.67. The highest BCUT2D eigenvalue weighted by molar-refractivity contribution is 5.80. The molecule has 44 heavy (non-hydrogen) atoms. The Hall–Kier alpha value is -4.82. The number of anilines is 5. The lowest BCUT2D eigenvalue weighted by molar-refractivity contribution is 0.448. The zero-order valence-electron chi connectivity index (χ0n) is 26.8. The van der Waals surface area contributed by atoms with Crippen molar-refractivity contribution in [1.82, 2.24) is 0 Å². The van der Waals surface area contributed by atoms with E-state index in [0.717, 1.165) is 23.5 Å². The molecule has 0 fully saturated rings. The van der Waals surface area contributed by atoms with E-state index in [4.69, 9.17) is 0 Å². The Bertz CT molecular complexity index is 1700. The van der Waals surface area contributed by atoms with Crippen molar-refractivity contribution in [2.75, 3.05) is 9.80 Å². The van der Waals surface area contributed by atoms with Crippen molar-refractivity contribution in [2.45, 2.75) is 48.0 Å². The molecular formula is C42H42N2. The molecule has 2 nitrogen and oxygen atoms in total. The third-order valence-electron chi connectivity index (χ3n) is 8.67. The van der Waals surface area contributed by atoms with E-state index in [1.807, 2.05) is 0 Å². The van der Waals surface area contributed by atoms with Gasteiger partial charge in [0.15, 0.2) is 0 Å². The molecule has 0 spiro atoms. The minimum absolute atomic E-state index is 0.0750. The predicted molar refractivity (Wildman–Crippen MR) is 190 cm³/mol. The number of rotatable bonds is 7. The summed E-state index contributed by atoms with van der Waals surface area (Å²) in [5.41, 5.74) is 14.7. The Balaban J connectivity index is 1.36. The van der Waals surface area contributed by atoms with Crippen molar-refractivity contribution in [3.8, 4) is 0 Å². The normalized spacial score (nSPS) is 14.0. The molecule has 0 bridgehead atoms. The number of allylic oxidation sites excluding steroid dienone is 4. The van der Waals surface area contributed by atoms with Crippen molar-refractivity contribution in [1.29, 1.82) is 0 Å². The Morgan fingerprint density at radius 2 is 0.727 bits per heavy atom. The van der Waals surface area contributed by atoms with Gasteiger partial charge in [0, 0.05) is 39.5 Å². The summed E-state index contributed by atoms with van der Waals surface area (Å²) in [6, 6.07) is 44.4. The molecule has 0 saturated carbocycles. The largest absolute Gasteiger partial charge is 0.314 e. The van der Waals surface area contributed by atoms with Crippen molar-refractivity contribution in [2.24, 2.45) is 5.41 Å². The van der Waals surface area contributed by atoms with Crippen LogP contribution in [0.25, 0.3) is 5.57 Å². The lowest BCUT2D eigenvalue weighted by Crippen LogP contribution is -2.30. The van der Waals surface area contributed by atoms with Crippen LogP contribution in [0.1, 0.15) is 48.1 Å². The molecule has 0 atom stereocenters. The first-order valence-electron chi connectivity index (χ1n) is 15.6. The summed E-state index contributed by atoms with van der Waals surface area (Å²) in [6.07, 6.45) is 5.60. The second kappa shape index (κ2) is 12.1. The van der Waals surface area contributed by atoms with E-state index in [1.165, 1.54) is 50.5 Å². The zero-order chi connectivity index (χ0) is 30.8. The molecule has 0 unspecified atom stereocenters. The van der Waals surface area contributed by atoms with Gasteiger partial charge < -0.3 is 9.80 Å². The molecule has 0 aromatic heterocycles. The van der Waals surface area contributed by atoms with Crippen LogP contribution in [0.15, 0.2) is 139 Å². The standard InChI is InChI=1S/C42H42N2/c1-30-7-18-36(19-8-30)43(37-20-9-31(2)10-21-37)38-26-15-34(16-27-38)35-17-28-41(42(5,6)29-35)44(39-22-11-32(3)12-23-39)40-24-13-33(4)14-25-40/h7-28H,29H2,1-6H3. The fourth-order valence-electron chi connectivity index (χ4n) is 6.08. The molecule has 1 aliphatic carbocycles. The second-order valence-corrected chi connectivity index (χ2v) is 12.9. The molecule has 0 radical (unpaired) electrons. The SMILES string of the molecule is Cc1ccc(N(C2=CC=C(c3ccc(N(c4ccc(C)cc4)c4ccc(C)cc4)cc3)CC2(C)C)c2ccc(C)cc2)cc1. The highest BCUT2D eigenvalue weighted by Crippen LogP contribution is 2.46. The van der Waals surface area contributed by atoms with Gasteiger partial charge in [-0.25, -0.2) is 0 Å². The molecule has 6 rings (SSSR count). The number of benzene rings is 5. The topological polar surface area (TPSA) is 6.48 Å².